The van der Waals surface area contributed by atoms with Crippen molar-refractivity contribution in [3.63, 3.8) is 0 Å². The average molecular weight is 335 g/mol. The average Bonchev–Trinajstić information content (AvgIpc) is 2.75. The van der Waals surface area contributed by atoms with Gasteiger partial charge >= 0.3 is 12.8 Å². The minimum Gasteiger partial charge on any atom is -0.399 e. The standard InChI is InChI=1S/C15H22BN3O5/c1-14(2)15(3,4)24-16(23-14)11-9-12(19(20)21)13(17-10-11)18-5-7-22-8-6-18/h9-10H,5-8H2,1-4H3. The van der Waals surface area contributed by atoms with E-state index in [1.807, 2.05) is 32.6 Å². The second kappa shape index (κ2) is 5.98. The van der Waals surface area contributed by atoms with Gasteiger partial charge in [0.05, 0.1) is 29.3 Å². The lowest BCUT2D eigenvalue weighted by molar-refractivity contribution is -0.384. The second-order valence-corrected chi connectivity index (χ2v) is 7.06. The van der Waals surface area contributed by atoms with Crippen LogP contribution < -0.4 is 10.4 Å². The van der Waals surface area contributed by atoms with Crippen LogP contribution in [0.15, 0.2) is 12.3 Å². The lowest BCUT2D eigenvalue weighted by Gasteiger charge is -2.32. The number of ether oxygens (including phenoxy) is 1. The summed E-state index contributed by atoms with van der Waals surface area (Å²) in [6, 6.07) is 1.50. The minimum atomic E-state index is -0.667. The van der Waals surface area contributed by atoms with E-state index in [2.05, 4.69) is 4.98 Å². The number of aromatic nitrogens is 1. The fourth-order valence-electron chi connectivity index (χ4n) is 2.72. The third-order valence-corrected chi connectivity index (χ3v) is 4.90. The normalized spacial score (nSPS) is 22.7. The van der Waals surface area contributed by atoms with Crippen LogP contribution in [-0.2, 0) is 14.0 Å². The molecule has 1 aromatic heterocycles. The molecule has 0 aromatic carbocycles. The highest BCUT2D eigenvalue weighted by Gasteiger charge is 2.52. The minimum absolute atomic E-state index is 0.0379. The molecule has 0 N–H and O–H groups in total. The van der Waals surface area contributed by atoms with E-state index >= 15 is 0 Å². The molecule has 0 unspecified atom stereocenters. The SMILES string of the molecule is CC1(C)OB(c2cnc(N3CCOCC3)c([N+](=O)[O-])c2)OC1(C)C. The molecule has 24 heavy (non-hydrogen) atoms. The molecule has 0 radical (unpaired) electrons. The van der Waals surface area contributed by atoms with Gasteiger partial charge in [0.25, 0.3) is 0 Å². The predicted molar refractivity (Wildman–Crippen MR) is 89.6 cm³/mol. The molecular formula is C15H22BN3O5. The Kier molecular flexibility index (Phi) is 4.27. The van der Waals surface area contributed by atoms with Crippen LogP contribution >= 0.6 is 0 Å². The van der Waals surface area contributed by atoms with Gasteiger partial charge in [-0.2, -0.15) is 0 Å². The molecule has 0 spiro atoms. The molecule has 2 saturated heterocycles. The maximum atomic E-state index is 11.5. The van der Waals surface area contributed by atoms with Gasteiger partial charge in [0, 0.05) is 30.8 Å². The molecule has 1 aromatic rings. The van der Waals surface area contributed by atoms with Crippen molar-refractivity contribution in [2.24, 2.45) is 0 Å². The number of hydrogen-bond donors (Lipinski definition) is 0. The van der Waals surface area contributed by atoms with E-state index in [9.17, 15) is 10.1 Å². The first-order valence-electron chi connectivity index (χ1n) is 8.04. The van der Waals surface area contributed by atoms with Crippen molar-refractivity contribution in [2.75, 3.05) is 31.2 Å². The summed E-state index contributed by atoms with van der Waals surface area (Å²) in [7, 11) is -0.667. The molecule has 0 atom stereocenters. The number of hydrogen-bond acceptors (Lipinski definition) is 7. The van der Waals surface area contributed by atoms with Gasteiger partial charge in [0.1, 0.15) is 0 Å². The number of rotatable bonds is 3. The Labute approximate surface area is 141 Å². The number of nitrogens with zero attached hydrogens (tertiary/aromatic N) is 3. The van der Waals surface area contributed by atoms with Crippen LogP contribution in [0.1, 0.15) is 27.7 Å². The number of pyridine rings is 1. The van der Waals surface area contributed by atoms with E-state index in [1.165, 1.54) is 6.07 Å². The summed E-state index contributed by atoms with van der Waals surface area (Å²) in [5, 5.41) is 11.5. The largest absolute Gasteiger partial charge is 0.496 e. The van der Waals surface area contributed by atoms with E-state index < -0.39 is 23.2 Å². The van der Waals surface area contributed by atoms with Crippen molar-refractivity contribution in [2.45, 2.75) is 38.9 Å². The fraction of sp³-hybridized carbons (Fsp3) is 0.667. The van der Waals surface area contributed by atoms with Crippen LogP contribution in [-0.4, -0.2) is 54.5 Å². The van der Waals surface area contributed by atoms with Gasteiger partial charge in [-0.15, -0.1) is 0 Å². The van der Waals surface area contributed by atoms with Gasteiger partial charge in [-0.05, 0) is 27.7 Å². The van der Waals surface area contributed by atoms with Gasteiger partial charge in [0.2, 0.25) is 5.82 Å². The molecule has 3 rings (SSSR count). The molecule has 0 aliphatic carbocycles. The molecule has 2 aliphatic heterocycles. The maximum Gasteiger partial charge on any atom is 0.496 e. The lowest BCUT2D eigenvalue weighted by atomic mass is 9.80. The first-order chi connectivity index (χ1) is 11.2. The van der Waals surface area contributed by atoms with Gasteiger partial charge in [-0.1, -0.05) is 0 Å². The van der Waals surface area contributed by atoms with Crippen molar-refractivity contribution in [1.82, 2.24) is 4.98 Å². The molecule has 9 heteroatoms. The van der Waals surface area contributed by atoms with E-state index in [0.29, 0.717) is 37.6 Å². The van der Waals surface area contributed by atoms with E-state index in [-0.39, 0.29) is 5.69 Å². The topological polar surface area (TPSA) is 87.0 Å². The highest BCUT2D eigenvalue weighted by molar-refractivity contribution is 6.62. The molecule has 0 amide bonds. The van der Waals surface area contributed by atoms with Crippen LogP contribution in [0.2, 0.25) is 0 Å². The summed E-state index contributed by atoms with van der Waals surface area (Å²) in [6.07, 6.45) is 1.60. The Morgan fingerprint density at radius 1 is 1.21 bits per heavy atom. The van der Waals surface area contributed by atoms with Gasteiger partial charge in [-0.3, -0.25) is 10.1 Å². The Morgan fingerprint density at radius 2 is 1.79 bits per heavy atom. The van der Waals surface area contributed by atoms with Crippen molar-refractivity contribution in [3.05, 3.63) is 22.4 Å². The zero-order valence-corrected chi connectivity index (χ0v) is 14.4. The summed E-state index contributed by atoms with van der Waals surface area (Å²) in [5.74, 6) is 0.364. The Bertz CT molecular complexity index is 630. The third-order valence-electron chi connectivity index (χ3n) is 4.90. The fourth-order valence-corrected chi connectivity index (χ4v) is 2.72. The zero-order chi connectivity index (χ0) is 17.5. The molecule has 0 bridgehead atoms. The maximum absolute atomic E-state index is 11.5. The highest BCUT2D eigenvalue weighted by Crippen LogP contribution is 2.37. The molecular weight excluding hydrogens is 313 g/mol. The van der Waals surface area contributed by atoms with Gasteiger partial charge in [0.15, 0.2) is 0 Å². The van der Waals surface area contributed by atoms with Crippen LogP contribution in [0.3, 0.4) is 0 Å². The van der Waals surface area contributed by atoms with E-state index in [1.54, 1.807) is 6.20 Å². The van der Waals surface area contributed by atoms with Crippen LogP contribution in [0.5, 0.6) is 0 Å². The Balaban J connectivity index is 1.91. The smallest absolute Gasteiger partial charge is 0.399 e. The third kappa shape index (κ3) is 2.99. The van der Waals surface area contributed by atoms with Crippen molar-refractivity contribution >= 4 is 24.1 Å². The Hall–Kier alpha value is -1.71. The first-order valence-corrected chi connectivity index (χ1v) is 8.04. The van der Waals surface area contributed by atoms with Crippen molar-refractivity contribution < 1.29 is 19.0 Å². The predicted octanol–water partition coefficient (Wildman–Crippen LogP) is 1.13. The Morgan fingerprint density at radius 3 is 2.33 bits per heavy atom. The first kappa shape index (κ1) is 17.1. The lowest BCUT2D eigenvalue weighted by Crippen LogP contribution is -2.41. The second-order valence-electron chi connectivity index (χ2n) is 7.06. The molecule has 130 valence electrons. The highest BCUT2D eigenvalue weighted by atomic mass is 16.7. The molecule has 2 aliphatic rings. The number of morpholine rings is 1. The van der Waals surface area contributed by atoms with Crippen molar-refractivity contribution in [1.29, 1.82) is 0 Å². The molecule has 8 nitrogen and oxygen atoms in total. The van der Waals surface area contributed by atoms with Crippen LogP contribution in [0.4, 0.5) is 11.5 Å². The summed E-state index contributed by atoms with van der Waals surface area (Å²) < 4.78 is 17.2. The van der Waals surface area contributed by atoms with Gasteiger partial charge < -0.3 is 18.9 Å². The number of anilines is 1. The molecule has 2 fully saturated rings. The summed E-state index contributed by atoms with van der Waals surface area (Å²) in [4.78, 5) is 17.3. The molecule has 0 saturated carbocycles. The monoisotopic (exact) mass is 335 g/mol. The van der Waals surface area contributed by atoms with Crippen molar-refractivity contribution in [3.8, 4) is 0 Å². The van der Waals surface area contributed by atoms with Crippen LogP contribution in [0.25, 0.3) is 0 Å². The van der Waals surface area contributed by atoms with Crippen LogP contribution in [0, 0.1) is 10.1 Å². The quantitative estimate of drug-likeness (QED) is 0.465. The molecule has 3 heterocycles. The summed E-state index contributed by atoms with van der Waals surface area (Å²) in [5.41, 5.74) is -0.494. The van der Waals surface area contributed by atoms with E-state index in [4.69, 9.17) is 14.0 Å². The number of nitro groups is 1. The summed E-state index contributed by atoms with van der Waals surface area (Å²) >= 11 is 0. The zero-order valence-electron chi connectivity index (χ0n) is 14.4. The van der Waals surface area contributed by atoms with Gasteiger partial charge in [-0.25, -0.2) is 4.98 Å². The van der Waals surface area contributed by atoms with E-state index in [0.717, 1.165) is 0 Å². The summed E-state index contributed by atoms with van der Waals surface area (Å²) in [6.45, 7) is 10.0.